The van der Waals surface area contributed by atoms with Crippen molar-refractivity contribution in [2.45, 2.75) is 13.1 Å². The largest absolute Gasteiger partial charge is 0.314 e. The lowest BCUT2D eigenvalue weighted by molar-refractivity contribution is 0.553. The maximum atomic E-state index is 3.50. The fraction of sp³-hybridized carbons (Fsp3) is 0.667. The molecule has 6 nitrogen and oxygen atoms in total. The van der Waals surface area contributed by atoms with Crippen molar-refractivity contribution in [3.05, 3.63) is 35.4 Å². The summed E-state index contributed by atoms with van der Waals surface area (Å²) in [6.07, 6.45) is 0. The van der Waals surface area contributed by atoms with Gasteiger partial charge in [0.25, 0.3) is 0 Å². The molecule has 1 aromatic rings. The van der Waals surface area contributed by atoms with Crippen LogP contribution in [0.25, 0.3) is 0 Å². The summed E-state index contributed by atoms with van der Waals surface area (Å²) >= 11 is 0. The molecule has 0 fully saturated rings. The Morgan fingerprint density at radius 3 is 1.17 bits per heavy atom. The molecular weight excluding hydrogens is 300 g/mol. The first kappa shape index (κ1) is 19.3. The van der Waals surface area contributed by atoms with Crippen molar-refractivity contribution in [3.63, 3.8) is 0 Å². The van der Waals surface area contributed by atoms with E-state index in [9.17, 15) is 0 Å². The van der Waals surface area contributed by atoms with Crippen molar-refractivity contribution < 1.29 is 0 Å². The van der Waals surface area contributed by atoms with E-state index in [2.05, 4.69) is 56.2 Å². The molecule has 6 heteroatoms. The highest BCUT2D eigenvalue weighted by Gasteiger charge is 1.97. The lowest BCUT2D eigenvalue weighted by Gasteiger charge is -2.09. The summed E-state index contributed by atoms with van der Waals surface area (Å²) in [6, 6.07) is 8.82. The minimum atomic E-state index is 0.932. The van der Waals surface area contributed by atoms with Crippen molar-refractivity contribution in [2.75, 3.05) is 65.4 Å². The highest BCUT2D eigenvalue weighted by molar-refractivity contribution is 5.23. The van der Waals surface area contributed by atoms with Gasteiger partial charge in [-0.25, -0.2) is 0 Å². The highest BCUT2D eigenvalue weighted by atomic mass is 15.0. The minimum Gasteiger partial charge on any atom is -0.314 e. The Hall–Kier alpha value is -1.02. The zero-order valence-electron chi connectivity index (χ0n) is 14.8. The molecule has 1 aromatic carbocycles. The Morgan fingerprint density at radius 1 is 0.458 bits per heavy atom. The van der Waals surface area contributed by atoms with Crippen LogP contribution < -0.4 is 31.9 Å². The first-order valence-corrected chi connectivity index (χ1v) is 9.27. The van der Waals surface area contributed by atoms with Crippen LogP contribution in [0.4, 0.5) is 0 Å². The maximum absolute atomic E-state index is 3.50. The van der Waals surface area contributed by atoms with E-state index in [1.54, 1.807) is 0 Å². The molecule has 2 bridgehead atoms. The molecule has 0 saturated heterocycles. The number of rotatable bonds is 0. The van der Waals surface area contributed by atoms with Crippen LogP contribution in [0.5, 0.6) is 0 Å². The lowest BCUT2D eigenvalue weighted by Crippen LogP contribution is -2.37. The lowest BCUT2D eigenvalue weighted by atomic mass is 10.1. The van der Waals surface area contributed by atoms with Crippen LogP contribution in [0.1, 0.15) is 11.1 Å². The summed E-state index contributed by atoms with van der Waals surface area (Å²) in [5.74, 6) is 0. The first-order chi connectivity index (χ1) is 11.9. The van der Waals surface area contributed by atoms with Gasteiger partial charge >= 0.3 is 0 Å². The molecule has 1 aliphatic rings. The van der Waals surface area contributed by atoms with Gasteiger partial charge in [-0.1, -0.05) is 24.3 Å². The molecule has 24 heavy (non-hydrogen) atoms. The van der Waals surface area contributed by atoms with Crippen molar-refractivity contribution >= 4 is 0 Å². The second kappa shape index (κ2) is 13.3. The maximum Gasteiger partial charge on any atom is 0.0206 e. The van der Waals surface area contributed by atoms with Gasteiger partial charge in [-0.3, -0.25) is 0 Å². The van der Waals surface area contributed by atoms with Crippen LogP contribution in [0.2, 0.25) is 0 Å². The Balaban J connectivity index is 1.72. The van der Waals surface area contributed by atoms with Gasteiger partial charge in [0.15, 0.2) is 0 Å². The molecule has 0 radical (unpaired) electrons. The highest BCUT2D eigenvalue weighted by Crippen LogP contribution is 2.04. The number of hydrogen-bond acceptors (Lipinski definition) is 6. The van der Waals surface area contributed by atoms with Crippen molar-refractivity contribution in [2.24, 2.45) is 0 Å². The Morgan fingerprint density at radius 2 is 0.792 bits per heavy atom. The number of nitrogens with one attached hydrogen (secondary N) is 6. The summed E-state index contributed by atoms with van der Waals surface area (Å²) in [5.41, 5.74) is 2.71. The molecule has 0 unspecified atom stereocenters. The standard InChI is InChI=1S/C18H34N6/c1-2-17-14-18(3-1)16-24-13-11-22-9-7-20-5-4-19-6-8-21-10-12-23-15-17/h1-3,14,19-24H,4-13,15-16H2. The van der Waals surface area contributed by atoms with Gasteiger partial charge in [0.05, 0.1) is 0 Å². The van der Waals surface area contributed by atoms with Gasteiger partial charge in [-0.05, 0) is 11.1 Å². The van der Waals surface area contributed by atoms with E-state index in [1.165, 1.54) is 11.1 Å². The molecule has 136 valence electrons. The van der Waals surface area contributed by atoms with Gasteiger partial charge in [-0.15, -0.1) is 0 Å². The molecule has 0 spiro atoms. The monoisotopic (exact) mass is 334 g/mol. The molecular formula is C18H34N6. The Bertz CT molecular complexity index is 390. The van der Waals surface area contributed by atoms with Gasteiger partial charge < -0.3 is 31.9 Å². The van der Waals surface area contributed by atoms with E-state index < -0.39 is 0 Å². The normalized spacial score (nSPS) is 20.8. The van der Waals surface area contributed by atoms with Crippen molar-refractivity contribution in [3.8, 4) is 0 Å². The van der Waals surface area contributed by atoms with E-state index in [4.69, 9.17) is 0 Å². The van der Waals surface area contributed by atoms with E-state index in [0.717, 1.165) is 78.5 Å². The van der Waals surface area contributed by atoms with E-state index in [1.807, 2.05) is 0 Å². The molecule has 0 aromatic heterocycles. The van der Waals surface area contributed by atoms with Crippen LogP contribution in [0, 0.1) is 0 Å². The summed E-state index contributed by atoms with van der Waals surface area (Å²) in [6.45, 7) is 12.0. The molecule has 0 aliphatic carbocycles. The van der Waals surface area contributed by atoms with Gasteiger partial charge in [0.2, 0.25) is 0 Å². The zero-order chi connectivity index (χ0) is 16.7. The molecule has 1 aliphatic heterocycles. The average Bonchev–Trinajstić information content (AvgIpc) is 2.60. The molecule has 0 atom stereocenters. The topological polar surface area (TPSA) is 72.2 Å². The number of benzene rings is 1. The van der Waals surface area contributed by atoms with Crippen molar-refractivity contribution in [1.82, 2.24) is 31.9 Å². The van der Waals surface area contributed by atoms with Crippen molar-refractivity contribution in [1.29, 1.82) is 0 Å². The fourth-order valence-corrected chi connectivity index (χ4v) is 2.70. The second-order valence-electron chi connectivity index (χ2n) is 6.17. The predicted molar refractivity (Wildman–Crippen MR) is 101 cm³/mol. The summed E-state index contributed by atoms with van der Waals surface area (Å²) < 4.78 is 0. The smallest absolute Gasteiger partial charge is 0.0206 e. The summed E-state index contributed by atoms with van der Waals surface area (Å²) in [5, 5.41) is 20.8. The van der Waals surface area contributed by atoms with Gasteiger partial charge in [0.1, 0.15) is 0 Å². The zero-order valence-corrected chi connectivity index (χ0v) is 14.8. The minimum absolute atomic E-state index is 0.932. The number of hydrogen-bond donors (Lipinski definition) is 6. The summed E-state index contributed by atoms with van der Waals surface area (Å²) in [7, 11) is 0. The van der Waals surface area contributed by atoms with Gasteiger partial charge in [0, 0.05) is 78.5 Å². The van der Waals surface area contributed by atoms with Crippen LogP contribution in [-0.2, 0) is 13.1 Å². The van der Waals surface area contributed by atoms with Gasteiger partial charge in [-0.2, -0.15) is 0 Å². The van der Waals surface area contributed by atoms with E-state index in [0.29, 0.717) is 0 Å². The molecule has 2 rings (SSSR count). The van der Waals surface area contributed by atoms with E-state index in [-0.39, 0.29) is 0 Å². The van der Waals surface area contributed by atoms with Crippen LogP contribution in [0.3, 0.4) is 0 Å². The quantitative estimate of drug-likeness (QED) is 0.375. The molecule has 6 N–H and O–H groups in total. The third kappa shape index (κ3) is 9.32. The molecule has 0 saturated carbocycles. The average molecular weight is 335 g/mol. The Kier molecular flexibility index (Phi) is 10.7. The molecule has 1 heterocycles. The van der Waals surface area contributed by atoms with E-state index >= 15 is 0 Å². The third-order valence-electron chi connectivity index (χ3n) is 4.04. The molecule has 0 amide bonds. The predicted octanol–water partition coefficient (Wildman–Crippen LogP) is -0.762. The Labute approximate surface area is 146 Å². The number of fused-ring (bicyclic) bond motifs is 2. The van der Waals surface area contributed by atoms with Crippen LogP contribution in [-0.4, -0.2) is 65.4 Å². The third-order valence-corrected chi connectivity index (χ3v) is 4.04. The SMILES string of the molecule is c1cc2cc(c1)CNCCNCCNCCNCCNCCNC2. The van der Waals surface area contributed by atoms with Crippen LogP contribution >= 0.6 is 0 Å². The van der Waals surface area contributed by atoms with Crippen LogP contribution in [0.15, 0.2) is 24.3 Å². The second-order valence-corrected chi connectivity index (χ2v) is 6.17. The fourth-order valence-electron chi connectivity index (χ4n) is 2.70. The first-order valence-electron chi connectivity index (χ1n) is 9.27. The summed E-state index contributed by atoms with van der Waals surface area (Å²) in [4.78, 5) is 0.